The quantitative estimate of drug-likeness (QED) is 0.787. The van der Waals surface area contributed by atoms with Crippen molar-refractivity contribution in [1.29, 1.82) is 0 Å². The fraction of sp³-hybridized carbons (Fsp3) is 0.368. The largest absolute Gasteiger partial charge is 0.486 e. The molecule has 0 unspecified atom stereocenters. The average molecular weight is 390 g/mol. The lowest BCUT2D eigenvalue weighted by molar-refractivity contribution is -0.162. The minimum Gasteiger partial charge on any atom is -0.486 e. The summed E-state index contributed by atoms with van der Waals surface area (Å²) in [7, 11) is 0. The van der Waals surface area contributed by atoms with Crippen molar-refractivity contribution in [2.45, 2.75) is 31.2 Å². The van der Waals surface area contributed by atoms with Gasteiger partial charge in [-0.1, -0.05) is 11.6 Å². The van der Waals surface area contributed by atoms with Gasteiger partial charge in [0.25, 0.3) is 5.91 Å². The maximum atomic E-state index is 13.4. The molecule has 0 aliphatic heterocycles. The molecule has 1 aromatic carbocycles. The summed E-state index contributed by atoms with van der Waals surface area (Å²) in [6.45, 7) is -0.106. The minimum atomic E-state index is -0.580. The van der Waals surface area contributed by atoms with Crippen LogP contribution in [0.15, 0.2) is 36.7 Å². The molecule has 2 bridgehead atoms. The molecule has 1 amide bonds. The van der Waals surface area contributed by atoms with Crippen molar-refractivity contribution >= 4 is 23.3 Å². The third-order valence-corrected chi connectivity index (χ3v) is 5.53. The van der Waals surface area contributed by atoms with Gasteiger partial charge < -0.3 is 10.1 Å². The molecule has 0 saturated heterocycles. The van der Waals surface area contributed by atoms with E-state index >= 15 is 0 Å². The SMILES string of the molecule is O=C(COc1ccc(Cl)c(F)c1)CC12CC(NC(=O)c3ccnnc3)(C1)C2. The average Bonchev–Trinajstić information content (AvgIpc) is 2.60. The Hall–Kier alpha value is -2.54. The van der Waals surface area contributed by atoms with Gasteiger partial charge in [-0.15, -0.1) is 0 Å². The number of amides is 1. The molecule has 3 aliphatic carbocycles. The molecule has 3 aliphatic rings. The van der Waals surface area contributed by atoms with E-state index in [0.29, 0.717) is 12.0 Å². The van der Waals surface area contributed by atoms with E-state index in [4.69, 9.17) is 16.3 Å². The van der Waals surface area contributed by atoms with Crippen LogP contribution in [0.25, 0.3) is 0 Å². The zero-order valence-electron chi connectivity index (χ0n) is 14.4. The Morgan fingerprint density at radius 2 is 2.00 bits per heavy atom. The van der Waals surface area contributed by atoms with E-state index in [9.17, 15) is 14.0 Å². The van der Waals surface area contributed by atoms with Crippen molar-refractivity contribution in [2.75, 3.05) is 6.61 Å². The third kappa shape index (κ3) is 3.51. The van der Waals surface area contributed by atoms with Crippen molar-refractivity contribution in [3.8, 4) is 5.75 Å². The van der Waals surface area contributed by atoms with Crippen LogP contribution in [-0.4, -0.2) is 34.0 Å². The lowest BCUT2D eigenvalue weighted by atomic mass is 9.38. The number of carbonyl (C=O) groups excluding carboxylic acids is 2. The van der Waals surface area contributed by atoms with Gasteiger partial charge in [0.15, 0.2) is 5.78 Å². The molecule has 2 aromatic rings. The Balaban J connectivity index is 1.24. The third-order valence-electron chi connectivity index (χ3n) is 5.23. The fourth-order valence-electron chi connectivity index (χ4n) is 4.26. The first-order valence-electron chi connectivity index (χ1n) is 8.58. The molecule has 140 valence electrons. The minimum absolute atomic E-state index is 0.0115. The fourth-order valence-corrected chi connectivity index (χ4v) is 4.37. The Bertz CT molecular complexity index is 887. The molecule has 0 spiro atoms. The molecule has 3 fully saturated rings. The first-order chi connectivity index (χ1) is 12.9. The number of ether oxygens (including phenoxy) is 1. The summed E-state index contributed by atoms with van der Waals surface area (Å²) in [6.07, 6.45) is 5.65. The van der Waals surface area contributed by atoms with E-state index in [-0.39, 0.29) is 40.0 Å². The summed E-state index contributed by atoms with van der Waals surface area (Å²) >= 11 is 5.62. The van der Waals surface area contributed by atoms with Gasteiger partial charge in [0.05, 0.1) is 23.0 Å². The summed E-state index contributed by atoms with van der Waals surface area (Å²) < 4.78 is 18.7. The van der Waals surface area contributed by atoms with Gasteiger partial charge in [-0.25, -0.2) is 4.39 Å². The molecule has 1 heterocycles. The van der Waals surface area contributed by atoms with E-state index in [2.05, 4.69) is 15.5 Å². The molecular weight excluding hydrogens is 373 g/mol. The van der Waals surface area contributed by atoms with E-state index < -0.39 is 5.82 Å². The van der Waals surface area contributed by atoms with Crippen molar-refractivity contribution in [1.82, 2.24) is 15.5 Å². The number of nitrogens with zero attached hydrogens (tertiary/aromatic N) is 2. The van der Waals surface area contributed by atoms with Crippen molar-refractivity contribution in [3.05, 3.63) is 53.1 Å². The molecular formula is C19H17ClFN3O3. The van der Waals surface area contributed by atoms with Gasteiger partial charge in [-0.2, -0.15) is 10.2 Å². The number of hydrogen-bond donors (Lipinski definition) is 1. The van der Waals surface area contributed by atoms with Crippen molar-refractivity contribution < 1.29 is 18.7 Å². The van der Waals surface area contributed by atoms with E-state index in [1.165, 1.54) is 24.5 Å². The number of nitrogens with one attached hydrogen (secondary N) is 1. The molecule has 0 radical (unpaired) electrons. The smallest absolute Gasteiger partial charge is 0.253 e. The Kier molecular flexibility index (Phi) is 4.34. The van der Waals surface area contributed by atoms with E-state index in [1.54, 1.807) is 6.07 Å². The molecule has 1 N–H and O–H groups in total. The highest BCUT2D eigenvalue weighted by molar-refractivity contribution is 6.30. The molecule has 6 nitrogen and oxygen atoms in total. The summed E-state index contributed by atoms with van der Waals surface area (Å²) in [5.74, 6) is -0.512. The van der Waals surface area contributed by atoms with E-state index in [1.807, 2.05) is 0 Å². The molecule has 8 heteroatoms. The predicted octanol–water partition coefficient (Wildman–Crippen LogP) is 2.96. The van der Waals surface area contributed by atoms with Crippen LogP contribution >= 0.6 is 11.6 Å². The highest BCUT2D eigenvalue weighted by Crippen LogP contribution is 2.69. The monoisotopic (exact) mass is 389 g/mol. The number of hydrogen-bond acceptors (Lipinski definition) is 5. The molecule has 0 atom stereocenters. The normalized spacial score (nSPS) is 25.1. The number of ketones is 1. The lowest BCUT2D eigenvalue weighted by Gasteiger charge is -2.70. The zero-order valence-corrected chi connectivity index (χ0v) is 15.1. The second-order valence-corrected chi connectivity index (χ2v) is 7.88. The topological polar surface area (TPSA) is 81.2 Å². The van der Waals surface area contributed by atoms with Crippen LogP contribution in [0, 0.1) is 11.2 Å². The van der Waals surface area contributed by atoms with Gasteiger partial charge in [0.1, 0.15) is 18.2 Å². The summed E-state index contributed by atoms with van der Waals surface area (Å²) in [5.41, 5.74) is 0.222. The maximum Gasteiger partial charge on any atom is 0.253 e. The van der Waals surface area contributed by atoms with Gasteiger partial charge in [0, 0.05) is 18.0 Å². The summed E-state index contributed by atoms with van der Waals surface area (Å²) in [6, 6.07) is 5.69. The van der Waals surface area contributed by atoms with Crippen LogP contribution in [0.4, 0.5) is 4.39 Å². The van der Waals surface area contributed by atoms with Crippen LogP contribution in [0.1, 0.15) is 36.0 Å². The zero-order chi connectivity index (χ0) is 19.1. The maximum absolute atomic E-state index is 13.4. The van der Waals surface area contributed by atoms with Crippen LogP contribution in [0.2, 0.25) is 5.02 Å². The lowest BCUT2D eigenvalue weighted by Crippen LogP contribution is -2.75. The van der Waals surface area contributed by atoms with Crippen LogP contribution < -0.4 is 10.1 Å². The Morgan fingerprint density at radius 1 is 1.22 bits per heavy atom. The van der Waals surface area contributed by atoms with Crippen molar-refractivity contribution in [2.24, 2.45) is 5.41 Å². The number of rotatable bonds is 7. The number of halogens is 2. The molecule has 3 saturated carbocycles. The first-order valence-corrected chi connectivity index (χ1v) is 8.95. The molecule has 27 heavy (non-hydrogen) atoms. The van der Waals surface area contributed by atoms with Crippen molar-refractivity contribution in [3.63, 3.8) is 0 Å². The van der Waals surface area contributed by atoms with Gasteiger partial charge >= 0.3 is 0 Å². The van der Waals surface area contributed by atoms with Gasteiger partial charge in [-0.3, -0.25) is 9.59 Å². The summed E-state index contributed by atoms with van der Waals surface area (Å²) in [5, 5.41) is 10.4. The highest BCUT2D eigenvalue weighted by atomic mass is 35.5. The van der Waals surface area contributed by atoms with Crippen LogP contribution in [0.5, 0.6) is 5.75 Å². The predicted molar refractivity (Wildman–Crippen MR) is 95.0 cm³/mol. The number of Topliss-reactive ketones (excluding diaryl/α,β-unsaturated/α-hetero) is 1. The number of carbonyl (C=O) groups is 2. The highest BCUT2D eigenvalue weighted by Gasteiger charge is 2.68. The molecule has 5 rings (SSSR count). The first kappa shape index (κ1) is 17.9. The second-order valence-electron chi connectivity index (χ2n) is 7.48. The standard InChI is InChI=1S/C19H17ClFN3O3/c20-15-2-1-14(5-16(15)21)27-8-13(25)6-18-9-19(10-18,11-18)24-17(26)12-3-4-22-23-7-12/h1-5,7H,6,8-11H2,(H,24,26). The van der Waals surface area contributed by atoms with Crippen LogP contribution in [-0.2, 0) is 4.79 Å². The second kappa shape index (κ2) is 6.56. The Morgan fingerprint density at radius 3 is 2.67 bits per heavy atom. The number of benzene rings is 1. The Labute approximate surface area is 160 Å². The summed E-state index contributed by atoms with van der Waals surface area (Å²) in [4.78, 5) is 24.4. The number of aromatic nitrogens is 2. The van der Waals surface area contributed by atoms with Crippen LogP contribution in [0.3, 0.4) is 0 Å². The molecule has 1 aromatic heterocycles. The van der Waals surface area contributed by atoms with Gasteiger partial charge in [-0.05, 0) is 42.9 Å². The van der Waals surface area contributed by atoms with Gasteiger partial charge in [0.2, 0.25) is 0 Å². The van der Waals surface area contributed by atoms with E-state index in [0.717, 1.165) is 25.3 Å².